The van der Waals surface area contributed by atoms with Gasteiger partial charge in [0.1, 0.15) is 0 Å². The van der Waals surface area contributed by atoms with Crippen molar-refractivity contribution >= 4 is 43.7 Å². The molecule has 0 saturated heterocycles. The Morgan fingerprint density at radius 2 is 0.738 bits per heavy atom. The van der Waals surface area contributed by atoms with E-state index in [9.17, 15) is 36.0 Å². The van der Waals surface area contributed by atoms with Crippen molar-refractivity contribution in [3.05, 3.63) is 58.7 Å². The topological polar surface area (TPSA) is 195 Å². The molecule has 0 aromatic heterocycles. The molecule has 0 fully saturated rings. The highest BCUT2D eigenvalue weighted by Crippen LogP contribution is 2.27. The molecule has 14 heteroatoms. The summed E-state index contributed by atoms with van der Waals surface area (Å²) in [4.78, 5) is 52.2. The maximum Gasteiger partial charge on any atom is 0.261 e. The van der Waals surface area contributed by atoms with Gasteiger partial charge in [0.2, 0.25) is 20.0 Å². The zero-order chi connectivity index (χ0) is 30.7. The molecule has 2 aromatic rings. The number of fused-ring (bicyclic) bond motifs is 2. The van der Waals surface area contributed by atoms with E-state index in [1.54, 1.807) is 0 Å². The molecular weight excluding hydrogens is 584 g/mol. The van der Waals surface area contributed by atoms with Crippen LogP contribution in [0.25, 0.3) is 0 Å². The van der Waals surface area contributed by atoms with E-state index in [1.165, 1.54) is 24.3 Å². The highest BCUT2D eigenvalue weighted by atomic mass is 32.2. The average molecular weight is 619 g/mol. The van der Waals surface area contributed by atoms with Crippen molar-refractivity contribution in [2.45, 2.75) is 74.0 Å². The molecule has 0 atom stereocenters. The van der Waals surface area contributed by atoms with Gasteiger partial charge in [-0.15, -0.1) is 0 Å². The maximum absolute atomic E-state index is 12.6. The number of nitrogens with zero attached hydrogens (tertiary/aromatic N) is 2. The minimum absolute atomic E-state index is 0.0639. The van der Waals surface area contributed by atoms with Gasteiger partial charge in [-0.05, 0) is 49.2 Å². The molecule has 2 heterocycles. The number of carbonyl (C=O) groups is 4. The standard InChI is InChI=1S/C28H34N4O8S2/c29-41(37,38)19-11-13-21-23(17-19)27(35)31(25(21)33)15-9-7-5-3-1-2-4-6-8-10-16-32-26(34)22-14-12-20(42(30,39)40)18-24(22)28(32)36/h11-14,17-18H,1-10,15-16H2,(H2,29,37,38)(H2,30,39,40). The van der Waals surface area contributed by atoms with Crippen molar-refractivity contribution in [3.8, 4) is 0 Å². The molecule has 226 valence electrons. The summed E-state index contributed by atoms with van der Waals surface area (Å²) in [5.41, 5.74) is 0.507. The van der Waals surface area contributed by atoms with Crippen molar-refractivity contribution in [1.29, 1.82) is 0 Å². The van der Waals surface area contributed by atoms with Gasteiger partial charge in [-0.2, -0.15) is 0 Å². The Kier molecular flexibility index (Phi) is 9.60. The van der Waals surface area contributed by atoms with Crippen LogP contribution in [0, 0.1) is 0 Å². The minimum atomic E-state index is -3.97. The van der Waals surface area contributed by atoms with Crippen LogP contribution in [0.3, 0.4) is 0 Å². The van der Waals surface area contributed by atoms with Gasteiger partial charge >= 0.3 is 0 Å². The van der Waals surface area contributed by atoms with Gasteiger partial charge in [-0.25, -0.2) is 27.1 Å². The molecule has 0 spiro atoms. The lowest BCUT2D eigenvalue weighted by Crippen LogP contribution is -2.30. The average Bonchev–Trinajstić information content (AvgIpc) is 3.32. The van der Waals surface area contributed by atoms with Gasteiger partial charge in [0, 0.05) is 13.1 Å². The summed E-state index contributed by atoms with van der Waals surface area (Å²) in [6, 6.07) is 7.43. The number of rotatable bonds is 15. The van der Waals surface area contributed by atoms with Gasteiger partial charge in [0.25, 0.3) is 23.6 Å². The third-order valence-corrected chi connectivity index (χ3v) is 9.38. The summed E-state index contributed by atoms with van der Waals surface area (Å²) in [7, 11) is -7.94. The molecule has 0 saturated carbocycles. The Labute approximate surface area is 245 Å². The van der Waals surface area contributed by atoms with Crippen LogP contribution in [-0.2, 0) is 20.0 Å². The third kappa shape index (κ3) is 6.94. The first-order chi connectivity index (χ1) is 19.8. The zero-order valence-corrected chi connectivity index (χ0v) is 24.7. The number of hydrogen-bond donors (Lipinski definition) is 2. The second-order valence-corrected chi connectivity index (χ2v) is 13.7. The highest BCUT2D eigenvalue weighted by molar-refractivity contribution is 7.89. The normalized spacial score (nSPS) is 15.1. The molecular formula is C28H34N4O8S2. The summed E-state index contributed by atoms with van der Waals surface area (Å²) >= 11 is 0. The number of unbranched alkanes of at least 4 members (excludes halogenated alkanes) is 9. The van der Waals surface area contributed by atoms with E-state index < -0.39 is 43.7 Å². The summed E-state index contributed by atoms with van der Waals surface area (Å²) in [6.07, 6.45) is 9.11. The van der Waals surface area contributed by atoms with Crippen LogP contribution in [0.15, 0.2) is 46.2 Å². The molecule has 2 aliphatic rings. The smallest absolute Gasteiger partial charge is 0.261 e. The van der Waals surface area contributed by atoms with E-state index in [0.29, 0.717) is 12.8 Å². The van der Waals surface area contributed by atoms with Crippen LogP contribution >= 0.6 is 0 Å². The van der Waals surface area contributed by atoms with Crippen LogP contribution in [0.2, 0.25) is 0 Å². The molecule has 2 aliphatic heterocycles. The van der Waals surface area contributed by atoms with Crippen molar-refractivity contribution < 1.29 is 36.0 Å². The molecule has 0 aliphatic carbocycles. The number of amides is 4. The predicted molar refractivity (Wildman–Crippen MR) is 153 cm³/mol. The van der Waals surface area contributed by atoms with Gasteiger partial charge in [0.15, 0.2) is 0 Å². The van der Waals surface area contributed by atoms with E-state index in [1.807, 2.05) is 0 Å². The number of hydrogen-bond acceptors (Lipinski definition) is 8. The first-order valence-electron chi connectivity index (χ1n) is 13.9. The van der Waals surface area contributed by atoms with Gasteiger partial charge < -0.3 is 0 Å². The van der Waals surface area contributed by atoms with Gasteiger partial charge in [-0.3, -0.25) is 29.0 Å². The fourth-order valence-electron chi connectivity index (χ4n) is 5.25. The Bertz CT molecular complexity index is 1520. The largest absolute Gasteiger partial charge is 0.274 e. The summed E-state index contributed by atoms with van der Waals surface area (Å²) < 4.78 is 46.2. The number of nitrogens with two attached hydrogens (primary N) is 2. The molecule has 4 rings (SSSR count). The van der Waals surface area contributed by atoms with Crippen LogP contribution in [0.5, 0.6) is 0 Å². The van der Waals surface area contributed by atoms with Crippen LogP contribution in [0.4, 0.5) is 0 Å². The lowest BCUT2D eigenvalue weighted by atomic mass is 10.1. The predicted octanol–water partition coefficient (Wildman–Crippen LogP) is 2.77. The monoisotopic (exact) mass is 618 g/mol. The van der Waals surface area contributed by atoms with Crippen LogP contribution in [0.1, 0.15) is 106 Å². The second kappa shape index (κ2) is 12.8. The SMILES string of the molecule is NS(=O)(=O)c1ccc2c(c1)C(=O)N(CCCCCCCCCCCCN1C(=O)c3ccc(S(N)(=O)=O)cc3C1=O)C2=O. The molecule has 4 amide bonds. The van der Waals surface area contributed by atoms with Crippen LogP contribution in [-0.4, -0.2) is 63.4 Å². The first-order valence-corrected chi connectivity index (χ1v) is 17.0. The number of benzene rings is 2. The number of primary sulfonamides is 2. The summed E-state index contributed by atoms with van der Waals surface area (Å²) in [6.45, 7) is 0.550. The molecule has 0 bridgehead atoms. The van der Waals surface area contributed by atoms with E-state index in [2.05, 4.69) is 0 Å². The minimum Gasteiger partial charge on any atom is -0.274 e. The fourth-order valence-corrected chi connectivity index (χ4v) is 6.33. The Balaban J connectivity index is 1.06. The van der Waals surface area contributed by atoms with E-state index in [-0.39, 0.29) is 45.1 Å². The number of carbonyl (C=O) groups excluding carboxylic acids is 4. The Morgan fingerprint density at radius 3 is 1.05 bits per heavy atom. The van der Waals surface area contributed by atoms with Gasteiger partial charge in [0.05, 0.1) is 32.0 Å². The number of sulfonamides is 2. The Hall–Kier alpha value is -3.46. The van der Waals surface area contributed by atoms with Crippen LogP contribution < -0.4 is 10.3 Å². The van der Waals surface area contributed by atoms with Crippen molar-refractivity contribution in [2.75, 3.05) is 13.1 Å². The summed E-state index contributed by atoms with van der Waals surface area (Å²) in [5.74, 6) is -1.84. The molecule has 4 N–H and O–H groups in total. The first kappa shape index (κ1) is 31.5. The lowest BCUT2D eigenvalue weighted by molar-refractivity contribution is 0.0635. The molecule has 12 nitrogen and oxygen atoms in total. The van der Waals surface area contributed by atoms with E-state index >= 15 is 0 Å². The maximum atomic E-state index is 12.6. The quantitative estimate of drug-likeness (QED) is 0.224. The molecule has 0 radical (unpaired) electrons. The summed E-state index contributed by atoms with van der Waals surface area (Å²) in [5, 5.41) is 10.3. The third-order valence-electron chi connectivity index (χ3n) is 7.55. The lowest BCUT2D eigenvalue weighted by Gasteiger charge is -2.13. The second-order valence-electron chi connectivity index (χ2n) is 10.6. The van der Waals surface area contributed by atoms with E-state index in [4.69, 9.17) is 10.3 Å². The fraction of sp³-hybridized carbons (Fsp3) is 0.429. The molecule has 2 aromatic carbocycles. The van der Waals surface area contributed by atoms with Gasteiger partial charge in [-0.1, -0.05) is 51.4 Å². The highest BCUT2D eigenvalue weighted by Gasteiger charge is 2.37. The molecule has 42 heavy (non-hydrogen) atoms. The van der Waals surface area contributed by atoms with Crippen molar-refractivity contribution in [3.63, 3.8) is 0 Å². The zero-order valence-electron chi connectivity index (χ0n) is 23.1. The number of imide groups is 2. The van der Waals surface area contributed by atoms with Crippen molar-refractivity contribution in [1.82, 2.24) is 9.80 Å². The molecule has 0 unspecified atom stereocenters. The van der Waals surface area contributed by atoms with Crippen molar-refractivity contribution in [2.24, 2.45) is 10.3 Å². The van der Waals surface area contributed by atoms with E-state index in [0.717, 1.165) is 73.3 Å². The Morgan fingerprint density at radius 1 is 0.452 bits per heavy atom.